The quantitative estimate of drug-likeness (QED) is 0.526. The molecule has 14 heavy (non-hydrogen) atoms. The Bertz CT molecular complexity index is 230. The fourth-order valence-corrected chi connectivity index (χ4v) is 3.81. The van der Waals surface area contributed by atoms with Crippen molar-refractivity contribution in [3.63, 3.8) is 0 Å². The molecule has 0 saturated heterocycles. The topological polar surface area (TPSA) is 0 Å². The molecule has 0 radical (unpaired) electrons. The van der Waals surface area contributed by atoms with Crippen molar-refractivity contribution >= 4 is 0 Å². The van der Waals surface area contributed by atoms with E-state index < -0.39 is 0 Å². The van der Waals surface area contributed by atoms with E-state index >= 15 is 0 Å². The molecular weight excluding hydrogens is 257 g/mol. The molecule has 1 heteroatoms. The summed E-state index contributed by atoms with van der Waals surface area (Å²) in [5.41, 5.74) is 0. The molecule has 0 spiro atoms. The van der Waals surface area contributed by atoms with E-state index in [1.807, 2.05) is 0 Å². The Morgan fingerprint density at radius 3 is 2.21 bits per heavy atom. The number of hydrogen-bond donors (Lipinski definition) is 0. The average Bonchev–Trinajstić information content (AvgIpc) is 2.86. The molecule has 0 aromatic heterocycles. The van der Waals surface area contributed by atoms with Gasteiger partial charge in [0.15, 0.2) is 0 Å². The molecule has 0 N–H and O–H groups in total. The Morgan fingerprint density at radius 1 is 0.857 bits per heavy atom. The summed E-state index contributed by atoms with van der Waals surface area (Å²) in [6.07, 6.45) is 20.8. The van der Waals surface area contributed by atoms with Crippen LogP contribution in [0.1, 0.15) is 12.8 Å². The van der Waals surface area contributed by atoms with Crippen molar-refractivity contribution in [2.24, 2.45) is 5.92 Å². The van der Waals surface area contributed by atoms with Crippen LogP contribution in [0.25, 0.3) is 0 Å². The van der Waals surface area contributed by atoms with Crippen molar-refractivity contribution in [3.8, 4) is 0 Å². The van der Waals surface area contributed by atoms with Gasteiger partial charge in [-0.15, -0.1) is 0 Å². The summed E-state index contributed by atoms with van der Waals surface area (Å²) in [5, 5.41) is 1.45. The van der Waals surface area contributed by atoms with Crippen molar-refractivity contribution < 1.29 is 17.1 Å². The van der Waals surface area contributed by atoms with Gasteiger partial charge in [-0.3, -0.25) is 0 Å². The molecule has 2 aliphatic rings. The third-order valence-electron chi connectivity index (χ3n) is 2.45. The molecule has 0 nitrogen and oxygen atoms in total. The summed E-state index contributed by atoms with van der Waals surface area (Å²) in [7, 11) is 0. The molecule has 76 valence electrons. The van der Waals surface area contributed by atoms with Gasteiger partial charge in [0.1, 0.15) is 0 Å². The molecule has 0 heterocycles. The molecule has 0 amide bonds. The van der Waals surface area contributed by atoms with Crippen LogP contribution in [-0.4, -0.2) is 0 Å². The number of allylic oxidation sites excluding steroid dienone is 8. The van der Waals surface area contributed by atoms with Gasteiger partial charge in [0, 0.05) is 0 Å². The Balaban J connectivity index is 1.55. The minimum atomic E-state index is 0.550. The van der Waals surface area contributed by atoms with Gasteiger partial charge in [0.05, 0.1) is 0 Å². The number of hydrogen-bond acceptors (Lipinski definition) is 0. The third-order valence-corrected chi connectivity index (χ3v) is 5.06. The van der Waals surface area contributed by atoms with Gasteiger partial charge in [0.2, 0.25) is 0 Å². The Morgan fingerprint density at radius 2 is 1.50 bits per heavy atom. The van der Waals surface area contributed by atoms with Crippen LogP contribution in [0.15, 0.2) is 48.6 Å². The van der Waals surface area contributed by atoms with Gasteiger partial charge in [-0.2, -0.15) is 0 Å². The van der Waals surface area contributed by atoms with Crippen LogP contribution >= 0.6 is 0 Å². The molecule has 0 aliphatic heterocycles. The molecule has 0 aromatic carbocycles. The predicted molar refractivity (Wildman–Crippen MR) is 57.8 cm³/mol. The summed E-state index contributed by atoms with van der Waals surface area (Å²) in [6, 6.07) is 0. The Kier molecular flexibility index (Phi) is 3.94. The molecule has 0 atom stereocenters. The van der Waals surface area contributed by atoms with Gasteiger partial charge in [0.25, 0.3) is 0 Å². The van der Waals surface area contributed by atoms with Crippen molar-refractivity contribution in [1.29, 1.82) is 0 Å². The van der Waals surface area contributed by atoms with Crippen molar-refractivity contribution in [3.05, 3.63) is 48.6 Å². The fourth-order valence-electron chi connectivity index (χ4n) is 1.66. The van der Waals surface area contributed by atoms with Crippen LogP contribution in [-0.2, 0) is 17.1 Å². The first-order chi connectivity index (χ1) is 6.95. The standard InChI is InChI=1S/C8H11.C5H5.Ru/c1-2-5-8-6-3-4-7-8;1-2-4-5-3-1;/h3-4,6-8H,1-2,5H2;1-5H;. The van der Waals surface area contributed by atoms with Gasteiger partial charge in [-0.25, -0.2) is 0 Å². The molecule has 0 fully saturated rings. The number of rotatable bonds is 5. The Hall–Kier alpha value is -0.417. The molecule has 0 bridgehead atoms. The first-order valence-electron chi connectivity index (χ1n) is 5.20. The monoisotopic (exact) mass is 274 g/mol. The van der Waals surface area contributed by atoms with Gasteiger partial charge >= 0.3 is 94.0 Å². The molecule has 0 saturated carbocycles. The zero-order chi connectivity index (χ0) is 9.64. The van der Waals surface area contributed by atoms with E-state index in [4.69, 9.17) is 0 Å². The van der Waals surface area contributed by atoms with Crippen LogP contribution in [0.3, 0.4) is 0 Å². The van der Waals surface area contributed by atoms with E-state index in [9.17, 15) is 0 Å². The summed E-state index contributed by atoms with van der Waals surface area (Å²) in [4.78, 5) is 0. The van der Waals surface area contributed by atoms with Crippen LogP contribution in [0.2, 0.25) is 9.53 Å². The van der Waals surface area contributed by atoms with Gasteiger partial charge < -0.3 is 0 Å². The summed E-state index contributed by atoms with van der Waals surface area (Å²) < 4.78 is 0.817. The second-order valence-electron chi connectivity index (χ2n) is 3.59. The predicted octanol–water partition coefficient (Wildman–Crippen LogP) is 3.92. The SMILES string of the molecule is C1=CC(CC[CH2][Ru][CH]2C=CC=C2)C=C1. The molecule has 2 aliphatic carbocycles. The van der Waals surface area contributed by atoms with Gasteiger partial charge in [-0.05, 0) is 0 Å². The van der Waals surface area contributed by atoms with E-state index in [1.54, 1.807) is 0 Å². The molecule has 0 unspecified atom stereocenters. The average molecular weight is 273 g/mol. The summed E-state index contributed by atoms with van der Waals surface area (Å²) in [5.74, 6) is 0.741. The third kappa shape index (κ3) is 3.06. The zero-order valence-corrected chi connectivity index (χ0v) is 9.99. The first kappa shape index (κ1) is 10.1. The van der Waals surface area contributed by atoms with Crippen LogP contribution in [0, 0.1) is 5.92 Å². The van der Waals surface area contributed by atoms with E-state index in [0.29, 0.717) is 17.1 Å². The van der Waals surface area contributed by atoms with Crippen LogP contribution in [0.4, 0.5) is 0 Å². The normalized spacial score (nSPS) is 20.6. The van der Waals surface area contributed by atoms with E-state index in [-0.39, 0.29) is 0 Å². The second-order valence-corrected chi connectivity index (χ2v) is 6.33. The second kappa shape index (κ2) is 5.46. The van der Waals surface area contributed by atoms with Crippen molar-refractivity contribution in [2.45, 2.75) is 22.4 Å². The maximum atomic E-state index is 2.34. The molecule has 2 rings (SSSR count). The summed E-state index contributed by atoms with van der Waals surface area (Å²) >= 11 is 0.550. The zero-order valence-electron chi connectivity index (χ0n) is 8.25. The van der Waals surface area contributed by atoms with Crippen LogP contribution < -0.4 is 0 Å². The van der Waals surface area contributed by atoms with Gasteiger partial charge in [-0.1, -0.05) is 0 Å². The molecule has 0 aromatic rings. The van der Waals surface area contributed by atoms with E-state index in [1.165, 1.54) is 17.9 Å². The van der Waals surface area contributed by atoms with Crippen molar-refractivity contribution in [1.82, 2.24) is 0 Å². The maximum absolute atomic E-state index is 2.34. The minimum absolute atomic E-state index is 0.550. The van der Waals surface area contributed by atoms with Crippen LogP contribution in [0.5, 0.6) is 0 Å². The Labute approximate surface area is 94.1 Å². The van der Waals surface area contributed by atoms with Crippen molar-refractivity contribution in [2.75, 3.05) is 0 Å². The first-order valence-corrected chi connectivity index (χ1v) is 7.43. The summed E-state index contributed by atoms with van der Waals surface area (Å²) in [6.45, 7) is 0. The fraction of sp³-hybridized carbons (Fsp3) is 0.385. The van der Waals surface area contributed by atoms with E-state index in [2.05, 4.69) is 48.6 Å². The molecular formula is C13H16Ru. The van der Waals surface area contributed by atoms with E-state index in [0.717, 1.165) is 10.4 Å².